The molecular formula is C17H24N2O. The molecule has 0 bridgehead atoms. The Labute approximate surface area is 121 Å². The number of furan rings is 1. The Kier molecular flexibility index (Phi) is 5.39. The smallest absolute Gasteiger partial charge is 0.125 e. The molecular weight excluding hydrogens is 248 g/mol. The summed E-state index contributed by atoms with van der Waals surface area (Å²) in [5.41, 5.74) is 1.24. The van der Waals surface area contributed by atoms with Gasteiger partial charge in [0.05, 0.1) is 12.3 Å². The fourth-order valence-electron chi connectivity index (χ4n) is 2.26. The molecule has 0 saturated heterocycles. The Balaban J connectivity index is 2.08. The van der Waals surface area contributed by atoms with E-state index in [4.69, 9.17) is 4.42 Å². The Hall–Kier alpha value is -1.58. The van der Waals surface area contributed by atoms with E-state index in [2.05, 4.69) is 55.5 Å². The summed E-state index contributed by atoms with van der Waals surface area (Å²) in [6.07, 6.45) is 2.84. The van der Waals surface area contributed by atoms with Crippen LogP contribution in [-0.2, 0) is 0 Å². The first-order valence-corrected chi connectivity index (χ1v) is 7.16. The molecule has 0 fully saturated rings. The molecule has 0 amide bonds. The van der Waals surface area contributed by atoms with E-state index < -0.39 is 0 Å². The molecule has 0 radical (unpaired) electrons. The van der Waals surface area contributed by atoms with Gasteiger partial charge in [-0.25, -0.2) is 0 Å². The molecule has 1 aromatic carbocycles. The molecule has 0 saturated carbocycles. The average molecular weight is 272 g/mol. The van der Waals surface area contributed by atoms with Gasteiger partial charge in [0.25, 0.3) is 0 Å². The molecule has 0 aliphatic rings. The van der Waals surface area contributed by atoms with E-state index in [1.54, 1.807) is 6.26 Å². The van der Waals surface area contributed by atoms with Crippen LogP contribution in [-0.4, -0.2) is 31.6 Å². The van der Waals surface area contributed by atoms with E-state index in [1.165, 1.54) is 5.56 Å². The predicted octanol–water partition coefficient (Wildman–Crippen LogP) is 3.30. The lowest BCUT2D eigenvalue weighted by molar-refractivity contribution is 0.346. The molecule has 2 rings (SSSR count). The molecule has 1 N–H and O–H groups in total. The van der Waals surface area contributed by atoms with Crippen molar-refractivity contribution in [3.05, 3.63) is 60.1 Å². The van der Waals surface area contributed by atoms with E-state index in [-0.39, 0.29) is 6.04 Å². The highest BCUT2D eigenvalue weighted by atomic mass is 16.3. The standard InChI is InChI=1S/C17H24N2O/c1-14(11-12-19(2)3)18-17(16-10-7-13-20-16)15-8-5-4-6-9-15/h4-10,13-14,17-18H,11-12H2,1-3H3. The quantitative estimate of drug-likeness (QED) is 0.838. The first kappa shape index (κ1) is 14.8. The van der Waals surface area contributed by atoms with Crippen molar-refractivity contribution in [2.24, 2.45) is 0 Å². The molecule has 0 spiro atoms. The predicted molar refractivity (Wildman–Crippen MR) is 82.8 cm³/mol. The van der Waals surface area contributed by atoms with Gasteiger partial charge in [-0.05, 0) is 51.7 Å². The van der Waals surface area contributed by atoms with Gasteiger partial charge in [-0.15, -0.1) is 0 Å². The maximum atomic E-state index is 5.60. The minimum atomic E-state index is 0.114. The lowest BCUT2D eigenvalue weighted by Crippen LogP contribution is -2.33. The summed E-state index contributed by atoms with van der Waals surface area (Å²) in [6, 6.07) is 15.0. The third-order valence-electron chi connectivity index (χ3n) is 3.42. The number of nitrogens with one attached hydrogen (secondary N) is 1. The van der Waals surface area contributed by atoms with Crippen LogP contribution >= 0.6 is 0 Å². The Morgan fingerprint density at radius 2 is 1.85 bits per heavy atom. The second-order valence-electron chi connectivity index (χ2n) is 5.52. The monoisotopic (exact) mass is 272 g/mol. The van der Waals surface area contributed by atoms with Gasteiger partial charge in [0, 0.05) is 6.04 Å². The average Bonchev–Trinajstić information content (AvgIpc) is 2.97. The minimum absolute atomic E-state index is 0.114. The summed E-state index contributed by atoms with van der Waals surface area (Å²) in [5, 5.41) is 3.67. The van der Waals surface area contributed by atoms with Crippen LogP contribution in [0.2, 0.25) is 0 Å². The number of hydrogen-bond donors (Lipinski definition) is 1. The molecule has 0 aliphatic heterocycles. The molecule has 20 heavy (non-hydrogen) atoms. The zero-order valence-corrected chi connectivity index (χ0v) is 12.5. The van der Waals surface area contributed by atoms with Crippen molar-refractivity contribution >= 4 is 0 Å². The van der Waals surface area contributed by atoms with Crippen LogP contribution in [0, 0.1) is 0 Å². The number of nitrogens with zero attached hydrogens (tertiary/aromatic N) is 1. The number of hydrogen-bond acceptors (Lipinski definition) is 3. The highest BCUT2D eigenvalue weighted by Gasteiger charge is 2.18. The summed E-state index contributed by atoms with van der Waals surface area (Å²) >= 11 is 0. The van der Waals surface area contributed by atoms with Crippen molar-refractivity contribution in [1.82, 2.24) is 10.2 Å². The summed E-state index contributed by atoms with van der Waals surface area (Å²) < 4.78 is 5.60. The van der Waals surface area contributed by atoms with Gasteiger partial charge in [0.2, 0.25) is 0 Å². The molecule has 0 aliphatic carbocycles. The van der Waals surface area contributed by atoms with Crippen molar-refractivity contribution in [3.8, 4) is 0 Å². The van der Waals surface area contributed by atoms with Crippen molar-refractivity contribution < 1.29 is 4.42 Å². The van der Waals surface area contributed by atoms with Crippen LogP contribution in [0.5, 0.6) is 0 Å². The van der Waals surface area contributed by atoms with Gasteiger partial charge in [0.15, 0.2) is 0 Å². The maximum Gasteiger partial charge on any atom is 0.125 e. The first-order chi connectivity index (χ1) is 9.66. The summed E-state index contributed by atoms with van der Waals surface area (Å²) in [6.45, 7) is 3.30. The SMILES string of the molecule is CC(CCN(C)C)NC(c1ccccc1)c1ccco1. The Morgan fingerprint density at radius 3 is 2.45 bits per heavy atom. The van der Waals surface area contributed by atoms with E-state index >= 15 is 0 Å². The fourth-order valence-corrected chi connectivity index (χ4v) is 2.26. The van der Waals surface area contributed by atoms with Crippen LogP contribution in [0.4, 0.5) is 0 Å². The summed E-state index contributed by atoms with van der Waals surface area (Å²) in [4.78, 5) is 2.21. The van der Waals surface area contributed by atoms with Gasteiger partial charge in [-0.1, -0.05) is 30.3 Å². The van der Waals surface area contributed by atoms with Crippen molar-refractivity contribution in [2.45, 2.75) is 25.4 Å². The second kappa shape index (κ2) is 7.27. The van der Waals surface area contributed by atoms with Gasteiger partial charge in [-0.2, -0.15) is 0 Å². The zero-order valence-electron chi connectivity index (χ0n) is 12.5. The normalized spacial score (nSPS) is 14.4. The highest BCUT2D eigenvalue weighted by Crippen LogP contribution is 2.23. The van der Waals surface area contributed by atoms with Crippen LogP contribution in [0.1, 0.15) is 30.7 Å². The van der Waals surface area contributed by atoms with Crippen LogP contribution in [0.25, 0.3) is 0 Å². The Bertz CT molecular complexity index is 479. The van der Waals surface area contributed by atoms with E-state index in [9.17, 15) is 0 Å². The second-order valence-corrected chi connectivity index (χ2v) is 5.52. The molecule has 108 valence electrons. The largest absolute Gasteiger partial charge is 0.467 e. The molecule has 2 unspecified atom stereocenters. The molecule has 2 aromatic rings. The maximum absolute atomic E-state index is 5.60. The van der Waals surface area contributed by atoms with Gasteiger partial charge >= 0.3 is 0 Å². The summed E-state index contributed by atoms with van der Waals surface area (Å²) in [7, 11) is 4.21. The van der Waals surface area contributed by atoms with Crippen LogP contribution in [0.15, 0.2) is 53.1 Å². The topological polar surface area (TPSA) is 28.4 Å². The van der Waals surface area contributed by atoms with Gasteiger partial charge in [0.1, 0.15) is 5.76 Å². The molecule has 1 heterocycles. The molecule has 3 nitrogen and oxygen atoms in total. The van der Waals surface area contributed by atoms with E-state index in [0.29, 0.717) is 6.04 Å². The number of benzene rings is 1. The molecule has 3 heteroatoms. The minimum Gasteiger partial charge on any atom is -0.467 e. The summed E-state index contributed by atoms with van der Waals surface area (Å²) in [5.74, 6) is 0.966. The van der Waals surface area contributed by atoms with Crippen LogP contribution in [0.3, 0.4) is 0 Å². The number of rotatable bonds is 7. The fraction of sp³-hybridized carbons (Fsp3) is 0.412. The van der Waals surface area contributed by atoms with Crippen molar-refractivity contribution in [1.29, 1.82) is 0 Å². The molecule has 2 atom stereocenters. The van der Waals surface area contributed by atoms with E-state index in [1.807, 2.05) is 18.2 Å². The van der Waals surface area contributed by atoms with Gasteiger partial charge < -0.3 is 14.6 Å². The molecule has 1 aromatic heterocycles. The first-order valence-electron chi connectivity index (χ1n) is 7.16. The van der Waals surface area contributed by atoms with Gasteiger partial charge in [-0.3, -0.25) is 0 Å². The highest BCUT2D eigenvalue weighted by molar-refractivity contribution is 5.26. The van der Waals surface area contributed by atoms with Crippen molar-refractivity contribution in [2.75, 3.05) is 20.6 Å². The lowest BCUT2D eigenvalue weighted by Gasteiger charge is -2.23. The zero-order chi connectivity index (χ0) is 14.4. The van der Waals surface area contributed by atoms with Crippen molar-refractivity contribution in [3.63, 3.8) is 0 Å². The Morgan fingerprint density at radius 1 is 1.10 bits per heavy atom. The van der Waals surface area contributed by atoms with E-state index in [0.717, 1.165) is 18.7 Å². The third kappa shape index (κ3) is 4.22. The van der Waals surface area contributed by atoms with Crippen LogP contribution < -0.4 is 5.32 Å². The lowest BCUT2D eigenvalue weighted by atomic mass is 10.0. The third-order valence-corrected chi connectivity index (χ3v) is 3.42.